The van der Waals surface area contributed by atoms with Crippen LogP contribution in [0.15, 0.2) is 72.4 Å². The number of thiophene rings is 1. The second-order valence-electron chi connectivity index (χ2n) is 9.09. The zero-order valence-corrected chi connectivity index (χ0v) is 22.2. The molecule has 1 aliphatic rings. The van der Waals surface area contributed by atoms with Crippen LogP contribution in [0.4, 0.5) is 19.0 Å². The van der Waals surface area contributed by atoms with E-state index < -0.39 is 23.7 Å². The molecule has 40 heavy (non-hydrogen) atoms. The average Bonchev–Trinajstić information content (AvgIpc) is 3.35. The molecule has 2 amide bonds. The number of pyridine rings is 2. The SMILES string of the molecule is O=C(Nc1cc(C(F)(F)F)ccn1)c1ccc(CN2C(=O)c3sccc3CC(=O)C2Cc2ccccn2)cc1Cl. The Kier molecular flexibility index (Phi) is 7.68. The Hall–Kier alpha value is -4.09. The van der Waals surface area contributed by atoms with Crippen LogP contribution in [0.2, 0.25) is 5.02 Å². The Balaban J connectivity index is 1.39. The van der Waals surface area contributed by atoms with E-state index in [0.717, 1.165) is 18.3 Å². The Morgan fingerprint density at radius 2 is 1.90 bits per heavy atom. The first-order chi connectivity index (χ1) is 19.1. The van der Waals surface area contributed by atoms with Crippen molar-refractivity contribution in [2.75, 3.05) is 5.32 Å². The van der Waals surface area contributed by atoms with Crippen LogP contribution >= 0.6 is 22.9 Å². The summed E-state index contributed by atoms with van der Waals surface area (Å²) in [4.78, 5) is 49.8. The molecule has 12 heteroatoms. The maximum absolute atomic E-state index is 13.6. The van der Waals surface area contributed by atoms with Gasteiger partial charge in [-0.15, -0.1) is 11.3 Å². The van der Waals surface area contributed by atoms with Crippen molar-refractivity contribution in [3.63, 3.8) is 0 Å². The molecule has 0 radical (unpaired) electrons. The molecular formula is C28H20ClF3N4O3S. The van der Waals surface area contributed by atoms with Gasteiger partial charge in [0.05, 0.1) is 27.1 Å². The van der Waals surface area contributed by atoms with Gasteiger partial charge in [0.2, 0.25) is 0 Å². The summed E-state index contributed by atoms with van der Waals surface area (Å²) >= 11 is 7.67. The molecule has 0 aliphatic carbocycles. The monoisotopic (exact) mass is 584 g/mol. The number of ketones is 1. The standard InChI is InChI=1S/C28H20ClF3N4O3S/c29-21-11-16(4-5-20(21)26(38)35-24-13-18(6-9-34-24)28(30,31)32)15-36-22(14-19-3-1-2-8-33-19)23(37)12-17-7-10-40-25(17)27(36)39/h1-11,13,22H,12,14-15H2,(H,34,35,38). The number of fused-ring (bicyclic) bond motifs is 1. The van der Waals surface area contributed by atoms with Crippen molar-refractivity contribution < 1.29 is 27.6 Å². The molecule has 1 aliphatic heterocycles. The van der Waals surface area contributed by atoms with E-state index in [9.17, 15) is 27.6 Å². The van der Waals surface area contributed by atoms with Crippen LogP contribution in [0.25, 0.3) is 0 Å². The number of nitrogens with zero attached hydrogens (tertiary/aromatic N) is 3. The number of amides is 2. The molecule has 1 atom stereocenters. The number of hydrogen-bond acceptors (Lipinski definition) is 6. The highest BCUT2D eigenvalue weighted by Crippen LogP contribution is 2.31. The normalized spacial score (nSPS) is 15.5. The van der Waals surface area contributed by atoms with Gasteiger partial charge in [-0.1, -0.05) is 23.7 Å². The summed E-state index contributed by atoms with van der Waals surface area (Å²) in [6.07, 6.45) is -1.66. The molecule has 1 N–H and O–H groups in total. The predicted octanol–water partition coefficient (Wildman–Crippen LogP) is 5.84. The van der Waals surface area contributed by atoms with Crippen molar-refractivity contribution in [3.8, 4) is 0 Å². The van der Waals surface area contributed by atoms with Gasteiger partial charge >= 0.3 is 6.18 Å². The third-order valence-electron chi connectivity index (χ3n) is 6.40. The van der Waals surface area contributed by atoms with Gasteiger partial charge in [-0.3, -0.25) is 19.4 Å². The lowest BCUT2D eigenvalue weighted by molar-refractivity contribution is -0.137. The minimum absolute atomic E-state index is 0.00785. The maximum atomic E-state index is 13.6. The third kappa shape index (κ3) is 5.90. The maximum Gasteiger partial charge on any atom is 0.416 e. The molecule has 7 nitrogen and oxygen atoms in total. The number of halogens is 4. The number of aromatic nitrogens is 2. The van der Waals surface area contributed by atoms with Crippen LogP contribution < -0.4 is 5.32 Å². The van der Waals surface area contributed by atoms with E-state index in [-0.39, 0.29) is 47.5 Å². The average molecular weight is 585 g/mol. The molecule has 4 aromatic rings. The van der Waals surface area contributed by atoms with E-state index in [1.54, 1.807) is 35.8 Å². The topological polar surface area (TPSA) is 92.3 Å². The van der Waals surface area contributed by atoms with Crippen molar-refractivity contribution in [3.05, 3.63) is 110 Å². The minimum atomic E-state index is -4.59. The molecule has 204 valence electrons. The first kappa shape index (κ1) is 27.5. The van der Waals surface area contributed by atoms with Crippen LogP contribution in [-0.2, 0) is 30.4 Å². The van der Waals surface area contributed by atoms with E-state index in [2.05, 4.69) is 15.3 Å². The second kappa shape index (κ2) is 11.2. The Morgan fingerprint density at radius 3 is 2.62 bits per heavy atom. The van der Waals surface area contributed by atoms with Crippen LogP contribution in [0.5, 0.6) is 0 Å². The first-order valence-corrected chi connectivity index (χ1v) is 13.3. The van der Waals surface area contributed by atoms with E-state index in [1.165, 1.54) is 28.4 Å². The fraction of sp³-hybridized carbons (Fsp3) is 0.179. The third-order valence-corrected chi connectivity index (χ3v) is 7.66. The summed E-state index contributed by atoms with van der Waals surface area (Å²) in [7, 11) is 0. The van der Waals surface area contributed by atoms with Crippen LogP contribution in [0.3, 0.4) is 0 Å². The summed E-state index contributed by atoms with van der Waals surface area (Å²) in [5.74, 6) is -1.43. The predicted molar refractivity (Wildman–Crippen MR) is 143 cm³/mol. The summed E-state index contributed by atoms with van der Waals surface area (Å²) in [6.45, 7) is 0.0379. The van der Waals surface area contributed by atoms with Crippen molar-refractivity contribution in [2.24, 2.45) is 0 Å². The summed E-state index contributed by atoms with van der Waals surface area (Å²) < 4.78 is 39.0. The lowest BCUT2D eigenvalue weighted by Crippen LogP contribution is -2.44. The summed E-state index contributed by atoms with van der Waals surface area (Å²) in [5.41, 5.74) is 0.961. The molecule has 4 heterocycles. The van der Waals surface area contributed by atoms with Crippen molar-refractivity contribution >= 4 is 46.4 Å². The van der Waals surface area contributed by atoms with E-state index >= 15 is 0 Å². The van der Waals surface area contributed by atoms with Crippen LogP contribution in [0, 0.1) is 0 Å². The summed E-state index contributed by atoms with van der Waals surface area (Å²) in [5, 5.41) is 4.12. The number of Topliss-reactive ketones (excluding diaryl/α,β-unsaturated/α-hetero) is 1. The Labute approximate surface area is 235 Å². The minimum Gasteiger partial charge on any atom is -0.323 e. The van der Waals surface area contributed by atoms with Crippen molar-refractivity contribution in [1.29, 1.82) is 0 Å². The quantitative estimate of drug-likeness (QED) is 0.307. The molecule has 0 saturated carbocycles. The number of nitrogens with one attached hydrogen (secondary N) is 1. The highest BCUT2D eigenvalue weighted by atomic mass is 35.5. The number of carbonyl (C=O) groups excluding carboxylic acids is 3. The Bertz CT molecular complexity index is 1590. The smallest absolute Gasteiger partial charge is 0.323 e. The highest BCUT2D eigenvalue weighted by molar-refractivity contribution is 7.12. The van der Waals surface area contributed by atoms with Gasteiger partial charge in [0.15, 0.2) is 5.78 Å². The fourth-order valence-electron chi connectivity index (χ4n) is 4.43. The second-order valence-corrected chi connectivity index (χ2v) is 10.4. The van der Waals surface area contributed by atoms with Gasteiger partial charge in [0.25, 0.3) is 11.8 Å². The molecule has 5 rings (SSSR count). The van der Waals surface area contributed by atoms with Crippen LogP contribution in [-0.4, -0.2) is 38.5 Å². The lowest BCUT2D eigenvalue weighted by atomic mass is 10.0. The van der Waals surface area contributed by atoms with Gasteiger partial charge in [-0.05, 0) is 59.0 Å². The van der Waals surface area contributed by atoms with Gasteiger partial charge in [-0.2, -0.15) is 13.2 Å². The van der Waals surface area contributed by atoms with Gasteiger partial charge in [0.1, 0.15) is 5.82 Å². The number of carbonyl (C=O) groups is 3. The van der Waals surface area contributed by atoms with Crippen molar-refractivity contribution in [1.82, 2.24) is 14.9 Å². The molecule has 0 bridgehead atoms. The van der Waals surface area contributed by atoms with E-state index in [4.69, 9.17) is 11.6 Å². The largest absolute Gasteiger partial charge is 0.416 e. The number of benzene rings is 1. The first-order valence-electron chi connectivity index (χ1n) is 12.0. The molecule has 3 aromatic heterocycles. The van der Waals surface area contributed by atoms with Crippen molar-refractivity contribution in [2.45, 2.75) is 31.6 Å². The molecule has 0 saturated heterocycles. The van der Waals surface area contributed by atoms with E-state index in [0.29, 0.717) is 21.7 Å². The molecular weight excluding hydrogens is 565 g/mol. The van der Waals surface area contributed by atoms with Gasteiger partial charge in [0, 0.05) is 37.5 Å². The number of alkyl halides is 3. The number of rotatable bonds is 6. The molecule has 0 fully saturated rings. The summed E-state index contributed by atoms with van der Waals surface area (Å²) in [6, 6.07) is 12.4. The van der Waals surface area contributed by atoms with Crippen LogP contribution in [0.1, 0.15) is 42.4 Å². The lowest BCUT2D eigenvalue weighted by Gasteiger charge is -2.29. The molecule has 1 unspecified atom stereocenters. The highest BCUT2D eigenvalue weighted by Gasteiger charge is 2.36. The van der Waals surface area contributed by atoms with Gasteiger partial charge in [-0.25, -0.2) is 4.98 Å². The fourth-order valence-corrected chi connectivity index (χ4v) is 5.60. The number of anilines is 1. The zero-order valence-electron chi connectivity index (χ0n) is 20.6. The van der Waals surface area contributed by atoms with E-state index in [1.807, 2.05) is 6.07 Å². The molecule has 1 aromatic carbocycles. The molecule has 0 spiro atoms. The van der Waals surface area contributed by atoms with Gasteiger partial charge < -0.3 is 10.2 Å². The Morgan fingerprint density at radius 1 is 1.07 bits per heavy atom. The zero-order chi connectivity index (χ0) is 28.4. The number of hydrogen-bond donors (Lipinski definition) is 1.